The minimum atomic E-state index is 0.788. The quantitative estimate of drug-likeness (QED) is 0.765. The summed E-state index contributed by atoms with van der Waals surface area (Å²) in [6.07, 6.45) is 0. The molecule has 0 fully saturated rings. The maximum absolute atomic E-state index is 5.39. The van der Waals surface area contributed by atoms with Gasteiger partial charge in [-0.25, -0.2) is 0 Å². The van der Waals surface area contributed by atoms with Crippen LogP contribution in [-0.4, -0.2) is 14.2 Å². The van der Waals surface area contributed by atoms with E-state index in [9.17, 15) is 0 Å². The molecular formula is C14H16O2. The van der Waals surface area contributed by atoms with Crippen molar-refractivity contribution in [1.29, 1.82) is 0 Å². The normalized spacial score (nSPS) is 10.5. The first-order valence-corrected chi connectivity index (χ1v) is 5.29. The highest BCUT2D eigenvalue weighted by atomic mass is 16.5. The Labute approximate surface area is 95.8 Å². The van der Waals surface area contributed by atoms with Crippen molar-refractivity contribution in [1.82, 2.24) is 0 Å². The third-order valence-electron chi connectivity index (χ3n) is 2.89. The van der Waals surface area contributed by atoms with Crippen LogP contribution in [0.4, 0.5) is 0 Å². The number of ether oxygens (including phenoxy) is 2. The maximum Gasteiger partial charge on any atom is 0.164 e. The van der Waals surface area contributed by atoms with E-state index in [0.29, 0.717) is 0 Å². The van der Waals surface area contributed by atoms with Crippen molar-refractivity contribution in [2.24, 2.45) is 0 Å². The lowest BCUT2D eigenvalue weighted by atomic mass is 10.0. The topological polar surface area (TPSA) is 18.5 Å². The summed E-state index contributed by atoms with van der Waals surface area (Å²) in [6.45, 7) is 4.15. The zero-order valence-corrected chi connectivity index (χ0v) is 10.1. The minimum absolute atomic E-state index is 0.788. The third-order valence-corrected chi connectivity index (χ3v) is 2.89. The second kappa shape index (κ2) is 4.05. The molecule has 0 aliphatic rings. The molecule has 0 saturated heterocycles. The zero-order chi connectivity index (χ0) is 11.7. The Morgan fingerprint density at radius 2 is 1.69 bits per heavy atom. The fourth-order valence-electron chi connectivity index (χ4n) is 2.04. The molecule has 0 unspecified atom stereocenters. The van der Waals surface area contributed by atoms with Crippen LogP contribution in [0.15, 0.2) is 24.3 Å². The van der Waals surface area contributed by atoms with Crippen LogP contribution in [0.5, 0.6) is 11.5 Å². The van der Waals surface area contributed by atoms with Crippen molar-refractivity contribution < 1.29 is 9.47 Å². The van der Waals surface area contributed by atoms with Crippen LogP contribution in [0.3, 0.4) is 0 Å². The van der Waals surface area contributed by atoms with Gasteiger partial charge in [0.2, 0.25) is 0 Å². The Hall–Kier alpha value is -1.70. The van der Waals surface area contributed by atoms with E-state index >= 15 is 0 Å². The molecule has 16 heavy (non-hydrogen) atoms. The summed E-state index contributed by atoms with van der Waals surface area (Å²) in [6, 6.07) is 8.40. The highest BCUT2D eigenvalue weighted by Crippen LogP contribution is 2.36. The Bertz CT molecular complexity index is 530. The number of rotatable bonds is 2. The number of hydrogen-bond acceptors (Lipinski definition) is 2. The summed E-state index contributed by atoms with van der Waals surface area (Å²) in [5, 5.41) is 2.40. The second-order valence-electron chi connectivity index (χ2n) is 3.96. The summed E-state index contributed by atoms with van der Waals surface area (Å²) < 4.78 is 10.7. The molecule has 2 rings (SSSR count). The highest BCUT2D eigenvalue weighted by Gasteiger charge is 2.11. The molecule has 84 valence electrons. The SMILES string of the molecule is COc1cc2ccc(C)cc2c(C)c1OC. The van der Waals surface area contributed by atoms with Crippen molar-refractivity contribution in [3.63, 3.8) is 0 Å². The van der Waals surface area contributed by atoms with Gasteiger partial charge in [0, 0.05) is 5.56 Å². The predicted octanol–water partition coefficient (Wildman–Crippen LogP) is 3.47. The summed E-state index contributed by atoms with van der Waals surface area (Å²) in [4.78, 5) is 0. The molecule has 0 amide bonds. The van der Waals surface area contributed by atoms with Crippen LogP contribution in [0, 0.1) is 13.8 Å². The van der Waals surface area contributed by atoms with Crippen LogP contribution >= 0.6 is 0 Å². The van der Waals surface area contributed by atoms with Gasteiger partial charge < -0.3 is 9.47 Å². The number of benzene rings is 2. The van der Waals surface area contributed by atoms with Crippen LogP contribution in [-0.2, 0) is 0 Å². The first-order chi connectivity index (χ1) is 7.67. The van der Waals surface area contributed by atoms with Crippen molar-refractivity contribution in [2.75, 3.05) is 14.2 Å². The first-order valence-electron chi connectivity index (χ1n) is 5.29. The molecule has 0 saturated carbocycles. The zero-order valence-electron chi connectivity index (χ0n) is 10.1. The molecule has 0 heterocycles. The van der Waals surface area contributed by atoms with E-state index in [-0.39, 0.29) is 0 Å². The molecule has 2 heteroatoms. The molecule has 2 aromatic carbocycles. The van der Waals surface area contributed by atoms with Gasteiger partial charge in [0.15, 0.2) is 11.5 Å². The smallest absolute Gasteiger partial charge is 0.164 e. The van der Waals surface area contributed by atoms with Crippen LogP contribution < -0.4 is 9.47 Å². The van der Waals surface area contributed by atoms with E-state index in [1.807, 2.05) is 6.07 Å². The highest BCUT2D eigenvalue weighted by molar-refractivity contribution is 5.90. The molecule has 0 N–H and O–H groups in total. The molecule has 0 aromatic heterocycles. The van der Waals surface area contributed by atoms with Gasteiger partial charge in [-0.1, -0.05) is 23.8 Å². The number of methoxy groups -OCH3 is 2. The second-order valence-corrected chi connectivity index (χ2v) is 3.96. The van der Waals surface area contributed by atoms with Gasteiger partial charge in [-0.3, -0.25) is 0 Å². The van der Waals surface area contributed by atoms with Gasteiger partial charge in [-0.2, -0.15) is 0 Å². The molecule has 0 radical (unpaired) electrons. The molecule has 2 nitrogen and oxygen atoms in total. The fraction of sp³-hybridized carbons (Fsp3) is 0.286. The fourth-order valence-corrected chi connectivity index (χ4v) is 2.04. The monoisotopic (exact) mass is 216 g/mol. The predicted molar refractivity (Wildman–Crippen MR) is 66.5 cm³/mol. The van der Waals surface area contributed by atoms with Gasteiger partial charge in [0.25, 0.3) is 0 Å². The van der Waals surface area contributed by atoms with E-state index in [0.717, 1.165) is 17.1 Å². The molecule has 0 aliphatic heterocycles. The number of fused-ring (bicyclic) bond motifs is 1. The average molecular weight is 216 g/mol. The summed E-state index contributed by atoms with van der Waals surface area (Å²) in [5.74, 6) is 1.61. The van der Waals surface area contributed by atoms with Gasteiger partial charge in [0.1, 0.15) is 0 Å². The Balaban J connectivity index is 2.82. The van der Waals surface area contributed by atoms with Gasteiger partial charge in [0.05, 0.1) is 14.2 Å². The van der Waals surface area contributed by atoms with E-state index in [1.165, 1.54) is 16.3 Å². The van der Waals surface area contributed by atoms with Gasteiger partial charge in [-0.05, 0) is 30.7 Å². The lowest BCUT2D eigenvalue weighted by molar-refractivity contribution is 0.354. The molecular weight excluding hydrogens is 200 g/mol. The standard InChI is InChI=1S/C14H16O2/c1-9-5-6-11-8-13(15-3)14(16-4)10(2)12(11)7-9/h5-8H,1-4H3. The van der Waals surface area contributed by atoms with Crippen LogP contribution in [0.1, 0.15) is 11.1 Å². The lowest BCUT2D eigenvalue weighted by Crippen LogP contribution is -1.94. The van der Waals surface area contributed by atoms with E-state index in [1.54, 1.807) is 14.2 Å². The van der Waals surface area contributed by atoms with Gasteiger partial charge in [-0.15, -0.1) is 0 Å². The van der Waals surface area contributed by atoms with Crippen molar-refractivity contribution in [3.8, 4) is 11.5 Å². The van der Waals surface area contributed by atoms with Gasteiger partial charge >= 0.3 is 0 Å². The largest absolute Gasteiger partial charge is 0.493 e. The molecule has 0 atom stereocenters. The molecule has 2 aromatic rings. The molecule has 0 bridgehead atoms. The molecule has 0 spiro atoms. The van der Waals surface area contributed by atoms with Crippen LogP contribution in [0.2, 0.25) is 0 Å². The van der Waals surface area contributed by atoms with Crippen molar-refractivity contribution >= 4 is 10.8 Å². The van der Waals surface area contributed by atoms with E-state index in [2.05, 4.69) is 32.0 Å². The molecule has 0 aliphatic carbocycles. The summed E-state index contributed by atoms with van der Waals surface area (Å²) in [7, 11) is 3.34. The van der Waals surface area contributed by atoms with E-state index < -0.39 is 0 Å². The summed E-state index contributed by atoms with van der Waals surface area (Å²) >= 11 is 0. The van der Waals surface area contributed by atoms with Crippen LogP contribution in [0.25, 0.3) is 10.8 Å². The van der Waals surface area contributed by atoms with E-state index in [4.69, 9.17) is 9.47 Å². The van der Waals surface area contributed by atoms with Crippen molar-refractivity contribution in [3.05, 3.63) is 35.4 Å². The van der Waals surface area contributed by atoms with Crippen molar-refractivity contribution in [2.45, 2.75) is 13.8 Å². The lowest BCUT2D eigenvalue weighted by Gasteiger charge is -2.13. The Morgan fingerprint density at radius 3 is 2.31 bits per heavy atom. The minimum Gasteiger partial charge on any atom is -0.493 e. The Morgan fingerprint density at radius 1 is 0.938 bits per heavy atom. The average Bonchev–Trinajstić information content (AvgIpc) is 2.29. The Kier molecular flexibility index (Phi) is 2.73. The third kappa shape index (κ3) is 1.60. The summed E-state index contributed by atoms with van der Waals surface area (Å²) in [5.41, 5.74) is 2.38. The maximum atomic E-state index is 5.39. The number of aryl methyl sites for hydroxylation is 2. The first kappa shape index (κ1) is 10.8. The number of hydrogen-bond donors (Lipinski definition) is 0.